The van der Waals surface area contributed by atoms with Gasteiger partial charge < -0.3 is 15.3 Å². The zero-order chi connectivity index (χ0) is 24.1. The number of fused-ring (bicyclic) bond motifs is 1. The fourth-order valence-corrected chi connectivity index (χ4v) is 4.16. The number of anilines is 1. The second-order valence-corrected chi connectivity index (χ2v) is 9.83. The number of carbonyl (C=O) groups is 2. The van der Waals surface area contributed by atoms with Crippen LogP contribution in [0.3, 0.4) is 0 Å². The second kappa shape index (κ2) is 7.89. The van der Waals surface area contributed by atoms with Crippen LogP contribution in [0, 0.1) is 0 Å². The Hall–Kier alpha value is -2.92. The Morgan fingerprint density at radius 1 is 1.12 bits per heavy atom. The van der Waals surface area contributed by atoms with Crippen molar-refractivity contribution in [2.75, 3.05) is 11.6 Å². The van der Waals surface area contributed by atoms with E-state index in [0.717, 1.165) is 18.4 Å². The van der Waals surface area contributed by atoms with Crippen LogP contribution < -0.4 is 5.32 Å². The van der Waals surface area contributed by atoms with Gasteiger partial charge in [-0.25, -0.2) is 8.42 Å². The first kappa shape index (κ1) is 23.7. The zero-order valence-electron chi connectivity index (χ0n) is 17.4. The zero-order valence-corrected chi connectivity index (χ0v) is 18.2. The molecule has 2 atom stereocenters. The van der Waals surface area contributed by atoms with Crippen LogP contribution in [0.5, 0.6) is 0 Å². The number of carbonyl (C=O) groups excluding carboxylic acids is 2. The largest absolute Gasteiger partial charge is 0.421 e. The highest BCUT2D eigenvalue weighted by atomic mass is 32.2. The summed E-state index contributed by atoms with van der Waals surface area (Å²) >= 11 is 0. The number of hydrogen-bond donors (Lipinski definition) is 2. The number of rotatable bonds is 4. The van der Waals surface area contributed by atoms with Gasteiger partial charge in [0.2, 0.25) is 5.91 Å². The molecule has 7 nitrogen and oxygen atoms in total. The van der Waals surface area contributed by atoms with Crippen LogP contribution in [0.15, 0.2) is 47.4 Å². The predicted molar refractivity (Wildman–Crippen MR) is 109 cm³/mol. The normalized spacial score (nSPS) is 18.1. The van der Waals surface area contributed by atoms with Crippen molar-refractivity contribution in [3.63, 3.8) is 0 Å². The van der Waals surface area contributed by atoms with E-state index >= 15 is 0 Å². The highest BCUT2D eigenvalue weighted by Crippen LogP contribution is 2.39. The van der Waals surface area contributed by atoms with E-state index in [-0.39, 0.29) is 17.1 Å². The average Bonchev–Trinajstić information content (AvgIpc) is 3.06. The SMILES string of the molecule is CC(=O)N1Cc2cc(S(C)(=O)=O)ccc2[C@@H]1C(=O)Nc1ccc(C(C)(O)C(F)(F)F)cc1. The summed E-state index contributed by atoms with van der Waals surface area (Å²) in [5.41, 5.74) is -2.31. The summed E-state index contributed by atoms with van der Waals surface area (Å²) in [4.78, 5) is 26.4. The summed E-state index contributed by atoms with van der Waals surface area (Å²) < 4.78 is 62.6. The molecule has 0 bridgehead atoms. The van der Waals surface area contributed by atoms with Crippen molar-refractivity contribution in [2.45, 2.75) is 43.1 Å². The van der Waals surface area contributed by atoms with Crippen molar-refractivity contribution in [1.82, 2.24) is 4.90 Å². The molecule has 3 rings (SSSR count). The molecule has 1 heterocycles. The fourth-order valence-electron chi connectivity index (χ4n) is 3.49. The molecule has 1 aliphatic heterocycles. The highest BCUT2D eigenvalue weighted by molar-refractivity contribution is 7.90. The third-order valence-electron chi connectivity index (χ3n) is 5.41. The van der Waals surface area contributed by atoms with Crippen LogP contribution >= 0.6 is 0 Å². The number of nitrogens with one attached hydrogen (secondary N) is 1. The molecule has 0 saturated heterocycles. The third-order valence-corrected chi connectivity index (χ3v) is 6.52. The van der Waals surface area contributed by atoms with Crippen molar-refractivity contribution in [1.29, 1.82) is 0 Å². The van der Waals surface area contributed by atoms with Gasteiger partial charge in [0, 0.05) is 25.4 Å². The van der Waals surface area contributed by atoms with E-state index in [0.29, 0.717) is 18.1 Å². The lowest BCUT2D eigenvalue weighted by Crippen LogP contribution is -2.39. The minimum absolute atomic E-state index is 0.0412. The summed E-state index contributed by atoms with van der Waals surface area (Å²) in [6.45, 7) is 1.95. The molecular weight excluding hydrogens is 449 g/mol. The minimum atomic E-state index is -4.88. The van der Waals surface area contributed by atoms with Gasteiger partial charge in [0.25, 0.3) is 5.91 Å². The van der Waals surface area contributed by atoms with E-state index < -0.39 is 45.0 Å². The molecule has 0 aliphatic carbocycles. The van der Waals surface area contributed by atoms with E-state index in [2.05, 4.69) is 5.32 Å². The van der Waals surface area contributed by atoms with Crippen LogP contribution in [-0.4, -0.2) is 42.7 Å². The van der Waals surface area contributed by atoms with Crippen LogP contribution in [0.4, 0.5) is 18.9 Å². The molecule has 32 heavy (non-hydrogen) atoms. The van der Waals surface area contributed by atoms with Crippen molar-refractivity contribution in [3.8, 4) is 0 Å². The quantitative estimate of drug-likeness (QED) is 0.715. The standard InChI is InChI=1S/C21H21F3N2O5S/c1-12(27)26-11-13-10-16(32(3,30)31)8-9-17(13)18(26)19(28)25-15-6-4-14(5-7-15)20(2,29)21(22,23)24/h4-10,18,29H,11H2,1-3H3,(H,25,28)/t18-,20?/m1/s1. The molecule has 0 radical (unpaired) electrons. The van der Waals surface area contributed by atoms with Crippen molar-refractivity contribution < 1.29 is 36.3 Å². The molecule has 0 fully saturated rings. The molecule has 2 N–H and O–H groups in total. The summed E-state index contributed by atoms with van der Waals surface area (Å²) in [5, 5.41) is 12.3. The molecule has 0 saturated carbocycles. The number of sulfone groups is 1. The van der Waals surface area contributed by atoms with E-state index in [9.17, 15) is 36.3 Å². The fraction of sp³-hybridized carbons (Fsp3) is 0.333. The number of aliphatic hydroxyl groups is 1. The topological polar surface area (TPSA) is 104 Å². The van der Waals surface area contributed by atoms with Crippen LogP contribution in [0.2, 0.25) is 0 Å². The van der Waals surface area contributed by atoms with Crippen molar-refractivity contribution >= 4 is 27.3 Å². The minimum Gasteiger partial charge on any atom is -0.376 e. The molecular formula is C21H21F3N2O5S. The number of halogens is 3. The number of alkyl halides is 3. The molecule has 1 aliphatic rings. The predicted octanol–water partition coefficient (Wildman–Crippen LogP) is 2.90. The summed E-state index contributed by atoms with van der Waals surface area (Å²) in [6, 6.07) is 7.74. The first-order valence-corrected chi connectivity index (χ1v) is 11.3. The Morgan fingerprint density at radius 2 is 1.72 bits per heavy atom. The second-order valence-electron chi connectivity index (χ2n) is 7.82. The lowest BCUT2D eigenvalue weighted by atomic mass is 9.95. The number of hydrogen-bond acceptors (Lipinski definition) is 5. The smallest absolute Gasteiger partial charge is 0.376 e. The summed E-state index contributed by atoms with van der Waals surface area (Å²) in [6.07, 6.45) is -3.82. The first-order chi connectivity index (χ1) is 14.6. The van der Waals surface area contributed by atoms with Gasteiger partial charge >= 0.3 is 6.18 Å². The Bertz CT molecular complexity index is 1170. The van der Waals surface area contributed by atoms with Crippen LogP contribution in [0.1, 0.15) is 36.6 Å². The molecule has 2 aromatic carbocycles. The van der Waals surface area contributed by atoms with Gasteiger partial charge in [-0.15, -0.1) is 0 Å². The summed E-state index contributed by atoms with van der Waals surface area (Å²) in [5.74, 6) is -1.01. The van der Waals surface area contributed by atoms with Gasteiger partial charge in [0.05, 0.1) is 4.90 Å². The Labute approximate surface area is 182 Å². The molecule has 172 valence electrons. The van der Waals surface area contributed by atoms with Gasteiger partial charge in [-0.3, -0.25) is 9.59 Å². The molecule has 2 aromatic rings. The maximum atomic E-state index is 13.0. The van der Waals surface area contributed by atoms with E-state index in [1.807, 2.05) is 0 Å². The lowest BCUT2D eigenvalue weighted by molar-refractivity contribution is -0.258. The monoisotopic (exact) mass is 470 g/mol. The van der Waals surface area contributed by atoms with Crippen molar-refractivity contribution in [2.24, 2.45) is 0 Å². The van der Waals surface area contributed by atoms with Crippen LogP contribution in [0.25, 0.3) is 0 Å². The lowest BCUT2D eigenvalue weighted by Gasteiger charge is -2.27. The van der Waals surface area contributed by atoms with E-state index in [1.54, 1.807) is 0 Å². The van der Waals surface area contributed by atoms with Crippen molar-refractivity contribution in [3.05, 3.63) is 59.2 Å². The molecule has 1 unspecified atom stereocenters. The highest BCUT2D eigenvalue weighted by Gasteiger charge is 2.51. The molecule has 11 heteroatoms. The van der Waals surface area contributed by atoms with Crippen LogP contribution in [-0.2, 0) is 31.6 Å². The van der Waals surface area contributed by atoms with Gasteiger partial charge in [-0.2, -0.15) is 13.2 Å². The maximum Gasteiger partial charge on any atom is 0.421 e. The molecule has 0 aromatic heterocycles. The number of benzene rings is 2. The molecule has 2 amide bonds. The number of amides is 2. The van der Waals surface area contributed by atoms with Gasteiger partial charge in [-0.05, 0) is 47.9 Å². The summed E-state index contributed by atoms with van der Waals surface area (Å²) in [7, 11) is -3.48. The maximum absolute atomic E-state index is 13.0. The number of nitrogens with zero attached hydrogens (tertiary/aromatic N) is 1. The van der Waals surface area contributed by atoms with Gasteiger partial charge in [0.15, 0.2) is 15.4 Å². The first-order valence-electron chi connectivity index (χ1n) is 9.43. The Kier molecular flexibility index (Phi) is 5.85. The van der Waals surface area contributed by atoms with Gasteiger partial charge in [0.1, 0.15) is 6.04 Å². The third kappa shape index (κ3) is 4.35. The molecule has 0 spiro atoms. The average molecular weight is 470 g/mol. The Balaban J connectivity index is 1.88. The van der Waals surface area contributed by atoms with E-state index in [4.69, 9.17) is 0 Å². The van der Waals surface area contributed by atoms with E-state index in [1.165, 1.54) is 42.2 Å². The Morgan fingerprint density at radius 3 is 2.22 bits per heavy atom. The van der Waals surface area contributed by atoms with Gasteiger partial charge in [-0.1, -0.05) is 18.2 Å².